The molecule has 0 aliphatic rings. The average molecular weight is 320 g/mol. The van der Waals surface area contributed by atoms with E-state index in [1.54, 1.807) is 0 Å². The van der Waals surface area contributed by atoms with Crippen molar-refractivity contribution >= 4 is 10.4 Å². The van der Waals surface area contributed by atoms with E-state index in [2.05, 4.69) is 24.3 Å². The van der Waals surface area contributed by atoms with Gasteiger partial charge in [-0.05, 0) is 11.1 Å². The quantitative estimate of drug-likeness (QED) is 0.605. The molecule has 0 heterocycles. The van der Waals surface area contributed by atoms with Crippen LogP contribution in [0.4, 0.5) is 0 Å². The average Bonchev–Trinajstić information content (AvgIpc) is 2.39. The molecule has 0 unspecified atom stereocenters. The summed E-state index contributed by atoms with van der Waals surface area (Å²) < 4.78 is 37.2. The van der Waals surface area contributed by atoms with Crippen molar-refractivity contribution in [3.63, 3.8) is 0 Å². The molecule has 7 heteroatoms. The van der Waals surface area contributed by atoms with Crippen molar-refractivity contribution in [2.75, 3.05) is 0 Å². The molecule has 2 rings (SSSR count). The summed E-state index contributed by atoms with van der Waals surface area (Å²) in [6.45, 7) is 1.35. The van der Waals surface area contributed by atoms with Crippen molar-refractivity contribution in [3.8, 4) is 0 Å². The van der Waals surface area contributed by atoms with Gasteiger partial charge in [-0.15, -0.1) is 0 Å². The monoisotopic (exact) mass is 320 g/mol. The van der Waals surface area contributed by atoms with Crippen LogP contribution in [0.15, 0.2) is 60.7 Å². The molecule has 110 valence electrons. The molecule has 0 saturated carbocycles. The van der Waals surface area contributed by atoms with Crippen LogP contribution in [0.25, 0.3) is 0 Å². The molecule has 0 radical (unpaired) electrons. The van der Waals surface area contributed by atoms with E-state index in [0.29, 0.717) is 13.2 Å². The molecule has 0 amide bonds. The van der Waals surface area contributed by atoms with Gasteiger partial charge in [-0.2, -0.15) is 8.42 Å². The second kappa shape index (κ2) is 10.9. The van der Waals surface area contributed by atoms with Crippen molar-refractivity contribution in [3.05, 3.63) is 71.8 Å². The molecule has 0 spiro atoms. The molecule has 0 aliphatic heterocycles. The molecule has 2 N–H and O–H groups in total. The summed E-state index contributed by atoms with van der Waals surface area (Å²) >= 11 is 0. The molecule has 2 aromatic rings. The van der Waals surface area contributed by atoms with Gasteiger partial charge in [-0.25, -0.2) is 0 Å². The van der Waals surface area contributed by atoms with E-state index in [4.69, 9.17) is 22.3 Å². The summed E-state index contributed by atoms with van der Waals surface area (Å²) in [4.78, 5) is 0. The van der Waals surface area contributed by atoms with E-state index < -0.39 is 10.4 Å². The van der Waals surface area contributed by atoms with Crippen LogP contribution in [0.5, 0.6) is 0 Å². The number of ether oxygens (including phenoxy) is 1. The maximum absolute atomic E-state index is 8.74. The summed E-state index contributed by atoms with van der Waals surface area (Å²) in [7, 11) is -4.67. The van der Waals surface area contributed by atoms with Gasteiger partial charge in [0.1, 0.15) is 0 Å². The Bertz CT molecular complexity index is 546. The molecule has 0 fully saturated rings. The summed E-state index contributed by atoms with van der Waals surface area (Å²) in [5, 5.41) is 0. The number of hydrogen-bond donors (Lipinski definition) is 2. The third-order valence-corrected chi connectivity index (χ3v) is 2.22. The molecular weight excluding hydrogens is 303 g/mol. The first-order chi connectivity index (χ1) is 9.45. The largest absolute Gasteiger partial charge is 1.00 e. The predicted octanol–water partition coefficient (Wildman–Crippen LogP) is -0.133. The topological polar surface area (TPSA) is 83.8 Å². The van der Waals surface area contributed by atoms with Crippen LogP contribution in [0.1, 0.15) is 12.6 Å². The summed E-state index contributed by atoms with van der Waals surface area (Å²) in [5.41, 5.74) is 2.43. The minimum Gasteiger partial charge on any atom is -1.00 e. The second-order valence-corrected chi connectivity index (χ2v) is 4.81. The van der Waals surface area contributed by atoms with Crippen molar-refractivity contribution in [1.29, 1.82) is 0 Å². The molecule has 0 aromatic heterocycles. The molecule has 0 atom stereocenters. The van der Waals surface area contributed by atoms with Crippen LogP contribution in [-0.4, -0.2) is 17.5 Å². The minimum absolute atomic E-state index is 0. The standard InChI is InChI=1S/C14H14O.Na.H2O4S.H/c1-3-7-13(8-4-1)11-15-12-14-9-5-2-6-10-14;;1-5(2,3)4;/h1-10H,11-12H2;;(H2,1,2,3,4);/q;+1;;-1. The van der Waals surface area contributed by atoms with Gasteiger partial charge in [0, 0.05) is 0 Å². The van der Waals surface area contributed by atoms with E-state index in [1.165, 1.54) is 11.1 Å². The summed E-state index contributed by atoms with van der Waals surface area (Å²) in [6.07, 6.45) is 0. The summed E-state index contributed by atoms with van der Waals surface area (Å²) in [5.74, 6) is 0. The van der Waals surface area contributed by atoms with Gasteiger partial charge in [-0.1, -0.05) is 60.7 Å². The van der Waals surface area contributed by atoms with Crippen LogP contribution in [0, 0.1) is 0 Å². The Morgan fingerprint density at radius 2 is 1.10 bits per heavy atom. The van der Waals surface area contributed by atoms with E-state index in [9.17, 15) is 0 Å². The van der Waals surface area contributed by atoms with Crippen LogP contribution >= 0.6 is 0 Å². The van der Waals surface area contributed by atoms with Crippen LogP contribution in [0.2, 0.25) is 0 Å². The van der Waals surface area contributed by atoms with Crippen molar-refractivity contribution < 1.29 is 53.2 Å². The molecule has 21 heavy (non-hydrogen) atoms. The minimum atomic E-state index is -4.67. The maximum Gasteiger partial charge on any atom is 1.00 e. The van der Waals surface area contributed by atoms with E-state index in [-0.39, 0.29) is 31.0 Å². The van der Waals surface area contributed by atoms with Gasteiger partial charge in [-0.3, -0.25) is 9.11 Å². The van der Waals surface area contributed by atoms with E-state index >= 15 is 0 Å². The van der Waals surface area contributed by atoms with Gasteiger partial charge < -0.3 is 6.16 Å². The normalized spacial score (nSPS) is 10.0. The molecule has 0 bridgehead atoms. The fourth-order valence-corrected chi connectivity index (χ4v) is 1.44. The van der Waals surface area contributed by atoms with Gasteiger partial charge >= 0.3 is 40.0 Å². The summed E-state index contributed by atoms with van der Waals surface area (Å²) in [6, 6.07) is 20.4. The van der Waals surface area contributed by atoms with Crippen LogP contribution in [0.3, 0.4) is 0 Å². The Morgan fingerprint density at radius 3 is 1.38 bits per heavy atom. The zero-order valence-electron chi connectivity index (χ0n) is 12.7. The van der Waals surface area contributed by atoms with Gasteiger partial charge in [0.25, 0.3) is 0 Å². The maximum atomic E-state index is 8.74. The Kier molecular flexibility index (Phi) is 10.5. The Hall–Kier alpha value is -0.730. The molecule has 0 saturated heterocycles. The van der Waals surface area contributed by atoms with Crippen LogP contribution < -0.4 is 29.6 Å². The van der Waals surface area contributed by atoms with Crippen molar-refractivity contribution in [1.82, 2.24) is 0 Å². The first kappa shape index (κ1) is 20.3. The van der Waals surface area contributed by atoms with Crippen LogP contribution in [-0.2, 0) is 28.3 Å². The van der Waals surface area contributed by atoms with Gasteiger partial charge in [0.2, 0.25) is 0 Å². The molecular formula is C14H17NaO5S. The number of benzene rings is 2. The zero-order chi connectivity index (χ0) is 14.8. The third kappa shape index (κ3) is 12.7. The molecule has 5 nitrogen and oxygen atoms in total. The zero-order valence-corrected chi connectivity index (χ0v) is 14.5. The Morgan fingerprint density at radius 1 is 0.810 bits per heavy atom. The predicted molar refractivity (Wildman–Crippen MR) is 76.7 cm³/mol. The number of rotatable bonds is 4. The number of hydrogen-bond acceptors (Lipinski definition) is 3. The van der Waals surface area contributed by atoms with E-state index in [1.807, 2.05) is 36.4 Å². The Labute approximate surface area is 148 Å². The fraction of sp³-hybridized carbons (Fsp3) is 0.143. The first-order valence-electron chi connectivity index (χ1n) is 5.80. The Balaban J connectivity index is 0. The third-order valence-electron chi connectivity index (χ3n) is 2.22. The first-order valence-corrected chi connectivity index (χ1v) is 7.20. The molecule has 0 aliphatic carbocycles. The van der Waals surface area contributed by atoms with E-state index in [0.717, 1.165) is 0 Å². The van der Waals surface area contributed by atoms with Gasteiger partial charge in [0.05, 0.1) is 13.2 Å². The molecule has 2 aromatic carbocycles. The van der Waals surface area contributed by atoms with Crippen molar-refractivity contribution in [2.24, 2.45) is 0 Å². The fourth-order valence-electron chi connectivity index (χ4n) is 1.44. The van der Waals surface area contributed by atoms with Crippen molar-refractivity contribution in [2.45, 2.75) is 13.2 Å². The SMILES string of the molecule is O=S(=O)(O)O.[H-].[Na+].c1ccc(COCc2ccccc2)cc1. The second-order valence-electron chi connectivity index (χ2n) is 3.91. The smallest absolute Gasteiger partial charge is 1.00 e. The van der Waals surface area contributed by atoms with Gasteiger partial charge in [0.15, 0.2) is 0 Å².